The van der Waals surface area contributed by atoms with Crippen LogP contribution in [0.25, 0.3) is 0 Å². The van der Waals surface area contributed by atoms with Crippen molar-refractivity contribution in [2.75, 3.05) is 5.75 Å². The van der Waals surface area contributed by atoms with E-state index >= 15 is 0 Å². The highest BCUT2D eigenvalue weighted by Gasteiger charge is 2.14. The Bertz CT molecular complexity index is 571. The quantitative estimate of drug-likeness (QED) is 0.853. The summed E-state index contributed by atoms with van der Waals surface area (Å²) < 4.78 is 1.87. The van der Waals surface area contributed by atoms with Gasteiger partial charge in [-0.3, -0.25) is 4.79 Å². The van der Waals surface area contributed by atoms with Crippen LogP contribution in [-0.4, -0.2) is 10.3 Å². The van der Waals surface area contributed by atoms with E-state index in [0.717, 1.165) is 16.3 Å². The molecular formula is C14H17NOS2. The maximum atomic E-state index is 11.9. The minimum atomic E-state index is 0.132. The summed E-state index contributed by atoms with van der Waals surface area (Å²) in [5.41, 5.74) is 2.32. The molecule has 0 N–H and O–H groups in total. The third kappa shape index (κ3) is 2.70. The van der Waals surface area contributed by atoms with E-state index in [4.69, 9.17) is 0 Å². The van der Waals surface area contributed by atoms with E-state index in [1.54, 1.807) is 0 Å². The Morgan fingerprint density at radius 2 is 1.94 bits per heavy atom. The molecule has 1 heterocycles. The molecule has 1 atom stereocenters. The molecule has 2 nitrogen and oxygen atoms in total. The summed E-state index contributed by atoms with van der Waals surface area (Å²) in [5, 5.41) is 0. The van der Waals surface area contributed by atoms with E-state index in [2.05, 4.69) is 24.8 Å². The second-order valence-corrected chi connectivity index (χ2v) is 5.94. The number of hydrogen-bond acceptors (Lipinski definition) is 3. The Morgan fingerprint density at radius 3 is 2.44 bits per heavy atom. The summed E-state index contributed by atoms with van der Waals surface area (Å²) in [4.78, 5) is 13.1. The van der Waals surface area contributed by atoms with Gasteiger partial charge in [0.15, 0.2) is 0 Å². The fourth-order valence-electron chi connectivity index (χ4n) is 2.01. The van der Waals surface area contributed by atoms with Gasteiger partial charge in [0.2, 0.25) is 0 Å². The molecule has 0 aliphatic heterocycles. The van der Waals surface area contributed by atoms with Crippen molar-refractivity contribution in [2.45, 2.75) is 26.3 Å². The smallest absolute Gasteiger partial charge is 0.302 e. The molecule has 96 valence electrons. The van der Waals surface area contributed by atoms with Crippen molar-refractivity contribution in [3.8, 4) is 0 Å². The molecule has 2 rings (SSSR count). The molecular weight excluding hydrogens is 262 g/mol. The highest BCUT2D eigenvalue weighted by Crippen LogP contribution is 2.21. The number of aryl methyl sites for hydroxylation is 1. The van der Waals surface area contributed by atoms with Crippen molar-refractivity contribution in [3.05, 3.63) is 56.1 Å². The molecule has 0 amide bonds. The minimum absolute atomic E-state index is 0.132. The highest BCUT2D eigenvalue weighted by atomic mass is 32.1. The maximum Gasteiger partial charge on any atom is 0.307 e. The summed E-state index contributed by atoms with van der Waals surface area (Å²) in [6.07, 6.45) is 0. The fourth-order valence-corrected chi connectivity index (χ4v) is 3.18. The van der Waals surface area contributed by atoms with Crippen LogP contribution < -0.4 is 4.87 Å². The average molecular weight is 279 g/mol. The SMILES string of the molecule is Cc1sc(=O)n(CC(CS)c2ccccc2)c1C. The summed E-state index contributed by atoms with van der Waals surface area (Å²) >= 11 is 5.75. The predicted molar refractivity (Wildman–Crippen MR) is 81.1 cm³/mol. The minimum Gasteiger partial charge on any atom is -0.302 e. The van der Waals surface area contributed by atoms with Crippen LogP contribution in [0.5, 0.6) is 0 Å². The zero-order valence-electron chi connectivity index (χ0n) is 10.6. The van der Waals surface area contributed by atoms with Gasteiger partial charge in [0.25, 0.3) is 0 Å². The lowest BCUT2D eigenvalue weighted by molar-refractivity contribution is 0.584. The normalized spacial score (nSPS) is 12.6. The Morgan fingerprint density at radius 1 is 1.28 bits per heavy atom. The van der Waals surface area contributed by atoms with Gasteiger partial charge in [-0.2, -0.15) is 12.6 Å². The van der Waals surface area contributed by atoms with Crippen molar-refractivity contribution in [3.63, 3.8) is 0 Å². The second kappa shape index (κ2) is 5.76. The molecule has 0 spiro atoms. The average Bonchev–Trinajstić information content (AvgIpc) is 2.62. The van der Waals surface area contributed by atoms with Gasteiger partial charge in [0, 0.05) is 23.0 Å². The molecule has 0 saturated heterocycles. The Hall–Kier alpha value is -1.00. The van der Waals surface area contributed by atoms with Crippen LogP contribution in [-0.2, 0) is 6.54 Å². The van der Waals surface area contributed by atoms with Crippen LogP contribution in [0.3, 0.4) is 0 Å². The van der Waals surface area contributed by atoms with Crippen molar-refractivity contribution < 1.29 is 0 Å². The topological polar surface area (TPSA) is 22.0 Å². The maximum absolute atomic E-state index is 11.9. The number of thiol groups is 1. The molecule has 4 heteroatoms. The van der Waals surface area contributed by atoms with E-state index in [0.29, 0.717) is 6.54 Å². The van der Waals surface area contributed by atoms with Gasteiger partial charge in [0.05, 0.1) is 0 Å². The van der Waals surface area contributed by atoms with E-state index in [9.17, 15) is 4.79 Å². The largest absolute Gasteiger partial charge is 0.307 e. The monoisotopic (exact) mass is 279 g/mol. The first-order valence-corrected chi connectivity index (χ1v) is 7.41. The number of nitrogens with zero attached hydrogens (tertiary/aromatic N) is 1. The van der Waals surface area contributed by atoms with Gasteiger partial charge < -0.3 is 4.57 Å². The van der Waals surface area contributed by atoms with Crippen LogP contribution >= 0.6 is 24.0 Å². The zero-order valence-corrected chi connectivity index (χ0v) is 12.3. The molecule has 1 unspecified atom stereocenters. The van der Waals surface area contributed by atoms with Crippen molar-refractivity contribution in [2.24, 2.45) is 0 Å². The number of hydrogen-bond donors (Lipinski definition) is 1. The van der Waals surface area contributed by atoms with E-state index in [1.165, 1.54) is 16.9 Å². The first-order valence-electron chi connectivity index (χ1n) is 5.96. The van der Waals surface area contributed by atoms with E-state index in [-0.39, 0.29) is 10.8 Å². The lowest BCUT2D eigenvalue weighted by Gasteiger charge is -2.16. The van der Waals surface area contributed by atoms with E-state index < -0.39 is 0 Å². The Balaban J connectivity index is 2.29. The second-order valence-electron chi connectivity index (χ2n) is 4.41. The molecule has 1 aromatic heterocycles. The molecule has 0 aliphatic carbocycles. The van der Waals surface area contributed by atoms with Crippen molar-refractivity contribution in [1.82, 2.24) is 4.57 Å². The molecule has 0 bridgehead atoms. The molecule has 18 heavy (non-hydrogen) atoms. The predicted octanol–water partition coefficient (Wildman–Crippen LogP) is 3.24. The van der Waals surface area contributed by atoms with Gasteiger partial charge in [-0.1, -0.05) is 41.7 Å². The Labute approximate surface area is 117 Å². The molecule has 0 fully saturated rings. The van der Waals surface area contributed by atoms with Crippen LogP contribution in [0, 0.1) is 13.8 Å². The standard InChI is InChI=1S/C14H17NOS2/c1-10-11(2)18-14(16)15(10)8-13(9-17)12-6-4-3-5-7-12/h3-7,13,17H,8-9H2,1-2H3. The lowest BCUT2D eigenvalue weighted by atomic mass is 10.0. The van der Waals surface area contributed by atoms with Gasteiger partial charge in [-0.25, -0.2) is 0 Å². The van der Waals surface area contributed by atoms with E-state index in [1.807, 2.05) is 36.6 Å². The number of rotatable bonds is 4. The summed E-state index contributed by atoms with van der Waals surface area (Å²) in [6.45, 7) is 4.71. The van der Waals surface area contributed by atoms with Crippen LogP contribution in [0.2, 0.25) is 0 Å². The van der Waals surface area contributed by atoms with Gasteiger partial charge in [-0.15, -0.1) is 0 Å². The van der Waals surface area contributed by atoms with Crippen LogP contribution in [0.15, 0.2) is 35.1 Å². The highest BCUT2D eigenvalue weighted by molar-refractivity contribution is 7.80. The molecule has 0 aliphatic rings. The molecule has 2 aromatic rings. The van der Waals surface area contributed by atoms with Crippen molar-refractivity contribution >= 4 is 24.0 Å². The fraction of sp³-hybridized carbons (Fsp3) is 0.357. The van der Waals surface area contributed by atoms with Gasteiger partial charge in [-0.05, 0) is 25.2 Å². The zero-order chi connectivity index (χ0) is 13.1. The summed E-state index contributed by atoms with van der Waals surface area (Å²) in [7, 11) is 0. The van der Waals surface area contributed by atoms with Gasteiger partial charge in [0.1, 0.15) is 0 Å². The summed E-state index contributed by atoms with van der Waals surface area (Å²) in [6, 6.07) is 10.3. The first-order chi connectivity index (χ1) is 8.63. The third-order valence-electron chi connectivity index (χ3n) is 3.27. The summed E-state index contributed by atoms with van der Waals surface area (Å²) in [5.74, 6) is 1.02. The number of thiazole rings is 1. The Kier molecular flexibility index (Phi) is 4.30. The third-order valence-corrected chi connectivity index (χ3v) is 4.71. The lowest BCUT2D eigenvalue weighted by Crippen LogP contribution is -2.20. The van der Waals surface area contributed by atoms with Crippen LogP contribution in [0.4, 0.5) is 0 Å². The van der Waals surface area contributed by atoms with Crippen LogP contribution in [0.1, 0.15) is 22.1 Å². The number of benzene rings is 1. The molecule has 0 saturated carbocycles. The number of aromatic nitrogens is 1. The molecule has 1 aromatic carbocycles. The van der Waals surface area contributed by atoms with Gasteiger partial charge >= 0.3 is 4.87 Å². The molecule has 0 radical (unpaired) electrons. The first kappa shape index (κ1) is 13.4. The van der Waals surface area contributed by atoms with Crippen molar-refractivity contribution in [1.29, 1.82) is 0 Å².